The van der Waals surface area contributed by atoms with E-state index in [4.69, 9.17) is 0 Å². The minimum Gasteiger partial charge on any atom is -0.550 e. The van der Waals surface area contributed by atoms with Gasteiger partial charge in [-0.05, 0) is 0 Å². The van der Waals surface area contributed by atoms with Crippen molar-refractivity contribution in [1.29, 1.82) is 0 Å². The molecule has 1 heterocycles. The summed E-state index contributed by atoms with van der Waals surface area (Å²) in [5.74, 6) is -6.73. The number of nitrogens with one attached hydrogen (secondary N) is 1. The average Bonchev–Trinajstić information content (AvgIpc) is 1.79. The van der Waals surface area contributed by atoms with Gasteiger partial charge in [-0.25, -0.2) is 0 Å². The quantitative estimate of drug-likeness (QED) is 0.495. The molecule has 0 saturated carbocycles. The largest absolute Gasteiger partial charge is 1.00 e. The van der Waals surface area contributed by atoms with Crippen molar-refractivity contribution in [2.75, 3.05) is 0 Å². The maximum Gasteiger partial charge on any atom is 1.00 e. The molecule has 0 aromatic heterocycles. The van der Waals surface area contributed by atoms with Crippen molar-refractivity contribution in [3.63, 3.8) is 0 Å². The Morgan fingerprint density at radius 3 is 1.25 bits per heavy atom. The number of carboxylic acid groups (broad SMARTS) is 3. The molecule has 2 atom stereocenters. The Labute approximate surface area is 157 Å². The molecule has 1 saturated heterocycles. The van der Waals surface area contributed by atoms with Gasteiger partial charge in [-0.3, -0.25) is 5.32 Å². The van der Waals surface area contributed by atoms with Gasteiger partial charge in [-0.2, -0.15) is 0 Å². The Morgan fingerprint density at radius 2 is 1.06 bits per heavy atom. The van der Waals surface area contributed by atoms with Crippen molar-refractivity contribution >= 4 is 17.9 Å². The molecule has 2 unspecified atom stereocenters. The summed E-state index contributed by atoms with van der Waals surface area (Å²) in [5.41, 5.74) is 0. The van der Waals surface area contributed by atoms with E-state index in [1.165, 1.54) is 0 Å². The summed E-state index contributed by atoms with van der Waals surface area (Å²) < 4.78 is 0. The van der Waals surface area contributed by atoms with Crippen LogP contribution in [0.4, 0.5) is 0 Å². The monoisotopic (exact) mass is 255 g/mol. The second-order valence-electron chi connectivity index (χ2n) is 2.60. The van der Waals surface area contributed by atoms with Gasteiger partial charge in [0.05, 0.1) is 24.0 Å². The van der Waals surface area contributed by atoms with E-state index in [9.17, 15) is 29.7 Å². The van der Waals surface area contributed by atoms with Gasteiger partial charge in [0.1, 0.15) is 0 Å². The second kappa shape index (κ2) is 9.32. The number of hydrogen-bond donors (Lipinski definition) is 1. The van der Waals surface area contributed by atoms with Gasteiger partial charge in [0, 0.05) is 11.9 Å². The predicted octanol–water partition coefficient (Wildman–Crippen LogP) is -14.8. The first-order valence-corrected chi connectivity index (χ1v) is 3.33. The molecule has 0 radical (unpaired) electrons. The van der Waals surface area contributed by atoms with Gasteiger partial charge in [-0.15, -0.1) is 0 Å². The second-order valence-corrected chi connectivity index (χ2v) is 2.60. The fourth-order valence-corrected chi connectivity index (χ4v) is 1.18. The number of carbonyl (C=O) groups is 3. The first-order chi connectivity index (χ1) is 5.95. The molecule has 72 valence electrons. The average molecular weight is 255 g/mol. The maximum atomic E-state index is 10.3. The van der Waals surface area contributed by atoms with Crippen LogP contribution in [0.15, 0.2) is 0 Å². The van der Waals surface area contributed by atoms with Gasteiger partial charge in [0.2, 0.25) is 0 Å². The topological polar surface area (TPSA) is 132 Å². The molecule has 1 rings (SSSR count). The molecule has 7 nitrogen and oxygen atoms in total. The molecule has 0 aromatic rings. The zero-order valence-electron chi connectivity index (χ0n) is 9.18. The molecule has 10 heteroatoms. The van der Waals surface area contributed by atoms with Crippen molar-refractivity contribution in [3.8, 4) is 0 Å². The number of aliphatic carboxylic acids is 3. The fourth-order valence-electron chi connectivity index (χ4n) is 1.18. The van der Waals surface area contributed by atoms with E-state index in [0.717, 1.165) is 0 Å². The van der Waals surface area contributed by atoms with Gasteiger partial charge in [0.15, 0.2) is 0 Å². The SMILES string of the molecule is O=C([O-])C1NC(C(=O)[O-])C1C(=O)[O-].[Na+].[Na+].[Na+]. The summed E-state index contributed by atoms with van der Waals surface area (Å²) in [6.45, 7) is 0. The van der Waals surface area contributed by atoms with E-state index in [1.807, 2.05) is 5.32 Å². The number of carboxylic acids is 3. The molecular weight excluding hydrogens is 251 g/mol. The summed E-state index contributed by atoms with van der Waals surface area (Å²) >= 11 is 0. The third kappa shape index (κ3) is 4.93. The van der Waals surface area contributed by atoms with Crippen LogP contribution in [0, 0.1) is 5.92 Å². The first kappa shape index (κ1) is 22.5. The third-order valence-corrected chi connectivity index (χ3v) is 1.86. The smallest absolute Gasteiger partial charge is 0.550 e. The van der Waals surface area contributed by atoms with Crippen LogP contribution in [-0.2, 0) is 14.4 Å². The molecule has 1 aliphatic rings. The van der Waals surface area contributed by atoms with Gasteiger partial charge >= 0.3 is 88.7 Å². The van der Waals surface area contributed by atoms with Crippen molar-refractivity contribution in [2.45, 2.75) is 12.1 Å². The summed E-state index contributed by atoms with van der Waals surface area (Å²) in [5, 5.41) is 32.6. The van der Waals surface area contributed by atoms with Crippen LogP contribution in [0.1, 0.15) is 0 Å². The molecular formula is C6H4NNa3O6. The van der Waals surface area contributed by atoms with Crippen molar-refractivity contribution in [2.24, 2.45) is 5.92 Å². The fraction of sp³-hybridized carbons (Fsp3) is 0.500. The summed E-state index contributed by atoms with van der Waals surface area (Å²) in [6.07, 6.45) is 0. The van der Waals surface area contributed by atoms with Crippen molar-refractivity contribution in [3.05, 3.63) is 0 Å². The minimum absolute atomic E-state index is 0. The van der Waals surface area contributed by atoms with Gasteiger partial charge in [0.25, 0.3) is 0 Å². The molecule has 0 amide bonds. The van der Waals surface area contributed by atoms with Crippen LogP contribution in [0.2, 0.25) is 0 Å². The minimum atomic E-state index is -1.75. The standard InChI is InChI=1S/C6H7NO6.3Na/c8-4(9)1-2(5(10)11)7-3(1)6(12)13;;;/h1-3,7H,(H,8,9)(H,10,11)(H,12,13);;;/q;3*+1/p-3. The molecule has 1 fully saturated rings. The maximum absolute atomic E-state index is 10.3. The van der Waals surface area contributed by atoms with Crippen LogP contribution in [0.25, 0.3) is 0 Å². The van der Waals surface area contributed by atoms with E-state index >= 15 is 0 Å². The Kier molecular flexibility index (Phi) is 13.1. The number of carbonyl (C=O) groups excluding carboxylic acids is 3. The summed E-state index contributed by atoms with van der Waals surface area (Å²) in [4.78, 5) is 30.7. The molecule has 1 aliphatic heterocycles. The van der Waals surface area contributed by atoms with E-state index < -0.39 is 35.9 Å². The van der Waals surface area contributed by atoms with E-state index in [2.05, 4.69) is 0 Å². The number of rotatable bonds is 3. The Hall–Kier alpha value is 1.37. The van der Waals surface area contributed by atoms with Crippen LogP contribution in [0.5, 0.6) is 0 Å². The molecule has 0 aliphatic carbocycles. The van der Waals surface area contributed by atoms with Gasteiger partial charge in [-0.1, -0.05) is 0 Å². The van der Waals surface area contributed by atoms with E-state index in [0.29, 0.717) is 0 Å². The Balaban J connectivity index is -0.000000563. The van der Waals surface area contributed by atoms with Crippen molar-refractivity contribution < 1.29 is 118 Å². The molecule has 1 N–H and O–H groups in total. The normalized spacial score (nSPS) is 25.9. The third-order valence-electron chi connectivity index (χ3n) is 1.86. The zero-order chi connectivity index (χ0) is 10.2. The Bertz CT molecular complexity index is 265. The van der Waals surface area contributed by atoms with Gasteiger partial charge < -0.3 is 29.7 Å². The first-order valence-electron chi connectivity index (χ1n) is 3.33. The summed E-state index contributed by atoms with van der Waals surface area (Å²) in [7, 11) is 0. The van der Waals surface area contributed by atoms with Crippen LogP contribution in [0.3, 0.4) is 0 Å². The van der Waals surface area contributed by atoms with Crippen LogP contribution in [-0.4, -0.2) is 30.0 Å². The van der Waals surface area contributed by atoms with Crippen molar-refractivity contribution in [1.82, 2.24) is 5.32 Å². The molecule has 0 bridgehead atoms. The number of hydrogen-bond acceptors (Lipinski definition) is 7. The van der Waals surface area contributed by atoms with E-state index in [1.54, 1.807) is 0 Å². The molecule has 16 heavy (non-hydrogen) atoms. The predicted molar refractivity (Wildman–Crippen MR) is 29.2 cm³/mol. The Morgan fingerprint density at radius 1 is 0.750 bits per heavy atom. The van der Waals surface area contributed by atoms with E-state index in [-0.39, 0.29) is 88.7 Å². The molecule has 0 spiro atoms. The molecule has 0 aromatic carbocycles. The summed E-state index contributed by atoms with van der Waals surface area (Å²) in [6, 6.07) is -3.04. The van der Waals surface area contributed by atoms with Crippen LogP contribution < -0.4 is 109 Å². The zero-order valence-corrected chi connectivity index (χ0v) is 15.2. The van der Waals surface area contributed by atoms with Crippen LogP contribution >= 0.6 is 0 Å².